The van der Waals surface area contributed by atoms with Crippen molar-refractivity contribution in [3.8, 4) is 11.1 Å². The molecule has 3 rings (SSSR count). The largest absolute Gasteiger partial charge is 0.480 e. The van der Waals surface area contributed by atoms with Crippen molar-refractivity contribution in [2.45, 2.75) is 31.3 Å². The molecule has 176 valence electrons. The molecule has 0 radical (unpaired) electrons. The standard InChI is InChI=1S/C25H31N3O5/c1-25(2,23(30)31)28(5)22(29)21(14-27(3)4)26-24(32)33-15-20-18-12-8-6-10-16(18)17-11-7-9-13-19(17)20/h6-13,20-21H,14-15H2,1-5H3,(H,26,32)(H,30,31)/t21-/m0/s1. The third-order valence-corrected chi connectivity index (χ3v) is 6.17. The first-order valence-corrected chi connectivity index (χ1v) is 10.8. The van der Waals surface area contributed by atoms with Crippen LogP contribution in [-0.4, -0.2) is 78.8 Å². The molecule has 0 saturated heterocycles. The number of hydrogen-bond donors (Lipinski definition) is 2. The fraction of sp³-hybridized carbons (Fsp3) is 0.400. The summed E-state index contributed by atoms with van der Waals surface area (Å²) in [6.45, 7) is 3.20. The summed E-state index contributed by atoms with van der Waals surface area (Å²) in [5.74, 6) is -1.74. The minimum atomic E-state index is -1.43. The van der Waals surface area contributed by atoms with E-state index in [-0.39, 0.29) is 19.1 Å². The van der Waals surface area contributed by atoms with E-state index >= 15 is 0 Å². The number of nitrogens with one attached hydrogen (secondary N) is 1. The van der Waals surface area contributed by atoms with E-state index in [0.717, 1.165) is 27.2 Å². The van der Waals surface area contributed by atoms with Gasteiger partial charge in [-0.25, -0.2) is 9.59 Å². The first kappa shape index (κ1) is 24.3. The number of amides is 2. The second kappa shape index (κ2) is 9.62. The lowest BCUT2D eigenvalue weighted by atomic mass is 9.98. The van der Waals surface area contributed by atoms with Gasteiger partial charge in [0.15, 0.2) is 0 Å². The molecular formula is C25H31N3O5. The third-order valence-electron chi connectivity index (χ3n) is 6.17. The molecule has 8 nitrogen and oxygen atoms in total. The number of rotatable bonds is 8. The number of alkyl carbamates (subject to hydrolysis) is 1. The van der Waals surface area contributed by atoms with Gasteiger partial charge in [0.25, 0.3) is 0 Å². The van der Waals surface area contributed by atoms with E-state index < -0.39 is 29.6 Å². The Balaban J connectivity index is 1.71. The van der Waals surface area contributed by atoms with Gasteiger partial charge in [-0.15, -0.1) is 0 Å². The van der Waals surface area contributed by atoms with Crippen molar-refractivity contribution in [3.63, 3.8) is 0 Å². The molecule has 0 fully saturated rings. The maximum Gasteiger partial charge on any atom is 0.407 e. The van der Waals surface area contributed by atoms with Crippen molar-refractivity contribution in [3.05, 3.63) is 59.7 Å². The van der Waals surface area contributed by atoms with Gasteiger partial charge in [0.05, 0.1) is 0 Å². The second-order valence-electron chi connectivity index (χ2n) is 9.05. The molecule has 0 bridgehead atoms. The average molecular weight is 454 g/mol. The Morgan fingerprint density at radius 3 is 2.00 bits per heavy atom. The second-order valence-corrected chi connectivity index (χ2v) is 9.05. The van der Waals surface area contributed by atoms with Crippen LogP contribution in [0.15, 0.2) is 48.5 Å². The quantitative estimate of drug-likeness (QED) is 0.638. The van der Waals surface area contributed by atoms with E-state index in [4.69, 9.17) is 4.74 Å². The summed E-state index contributed by atoms with van der Waals surface area (Å²) in [5.41, 5.74) is 3.01. The molecule has 0 aliphatic heterocycles. The number of aliphatic carboxylic acids is 1. The summed E-state index contributed by atoms with van der Waals surface area (Å²) in [4.78, 5) is 40.2. The predicted molar refractivity (Wildman–Crippen MR) is 125 cm³/mol. The van der Waals surface area contributed by atoms with Gasteiger partial charge < -0.3 is 25.0 Å². The Morgan fingerprint density at radius 2 is 1.52 bits per heavy atom. The summed E-state index contributed by atoms with van der Waals surface area (Å²) in [6.07, 6.45) is -0.724. The van der Waals surface area contributed by atoms with Gasteiger partial charge in [0.1, 0.15) is 18.2 Å². The molecule has 1 atom stereocenters. The van der Waals surface area contributed by atoms with Crippen LogP contribution in [-0.2, 0) is 14.3 Å². The van der Waals surface area contributed by atoms with Crippen LogP contribution in [0, 0.1) is 0 Å². The van der Waals surface area contributed by atoms with Crippen LogP contribution in [0.2, 0.25) is 0 Å². The van der Waals surface area contributed by atoms with E-state index in [2.05, 4.69) is 17.4 Å². The Bertz CT molecular complexity index is 1000. The predicted octanol–water partition coefficient (Wildman–Crippen LogP) is 2.78. The topological polar surface area (TPSA) is 99.2 Å². The number of ether oxygens (including phenoxy) is 1. The molecule has 0 aromatic heterocycles. The first-order chi connectivity index (χ1) is 15.5. The number of nitrogens with zero attached hydrogens (tertiary/aromatic N) is 2. The van der Waals surface area contributed by atoms with Crippen molar-refractivity contribution in [2.75, 3.05) is 34.3 Å². The average Bonchev–Trinajstić information content (AvgIpc) is 3.09. The lowest BCUT2D eigenvalue weighted by Crippen LogP contribution is -2.59. The maximum absolute atomic E-state index is 13.0. The number of fused-ring (bicyclic) bond motifs is 3. The summed E-state index contributed by atoms with van der Waals surface area (Å²) in [6, 6.07) is 15.1. The smallest absolute Gasteiger partial charge is 0.407 e. The minimum absolute atomic E-state index is 0.0974. The van der Waals surface area contributed by atoms with E-state index in [1.807, 2.05) is 36.4 Å². The van der Waals surface area contributed by atoms with E-state index in [9.17, 15) is 19.5 Å². The van der Waals surface area contributed by atoms with Crippen molar-refractivity contribution in [1.29, 1.82) is 0 Å². The van der Waals surface area contributed by atoms with Crippen molar-refractivity contribution in [1.82, 2.24) is 15.1 Å². The normalized spacial score (nSPS) is 13.8. The summed E-state index contributed by atoms with van der Waals surface area (Å²) in [5, 5.41) is 12.1. The molecule has 0 heterocycles. The van der Waals surface area contributed by atoms with Crippen molar-refractivity contribution >= 4 is 18.0 Å². The molecule has 0 spiro atoms. The van der Waals surface area contributed by atoms with E-state index in [0.29, 0.717) is 0 Å². The molecule has 2 aromatic rings. The molecule has 1 aliphatic carbocycles. The highest BCUT2D eigenvalue weighted by Gasteiger charge is 2.39. The van der Waals surface area contributed by atoms with E-state index in [1.54, 1.807) is 19.0 Å². The van der Waals surface area contributed by atoms with Crippen LogP contribution in [0.4, 0.5) is 4.79 Å². The van der Waals surface area contributed by atoms with Gasteiger partial charge in [-0.1, -0.05) is 48.5 Å². The maximum atomic E-state index is 13.0. The highest BCUT2D eigenvalue weighted by Crippen LogP contribution is 2.44. The Hall–Kier alpha value is -3.39. The Labute approximate surface area is 194 Å². The zero-order chi connectivity index (χ0) is 24.3. The fourth-order valence-corrected chi connectivity index (χ4v) is 3.99. The summed E-state index contributed by atoms with van der Waals surface area (Å²) < 4.78 is 5.56. The van der Waals surface area contributed by atoms with Crippen LogP contribution in [0.3, 0.4) is 0 Å². The van der Waals surface area contributed by atoms with Gasteiger partial charge in [0, 0.05) is 19.5 Å². The minimum Gasteiger partial charge on any atom is -0.480 e. The molecule has 8 heteroatoms. The van der Waals surface area contributed by atoms with Crippen LogP contribution >= 0.6 is 0 Å². The van der Waals surface area contributed by atoms with Gasteiger partial charge in [-0.2, -0.15) is 0 Å². The number of carbonyl (C=O) groups excluding carboxylic acids is 2. The Kier molecular flexibility index (Phi) is 7.07. The number of hydrogen-bond acceptors (Lipinski definition) is 5. The molecular weight excluding hydrogens is 422 g/mol. The van der Waals surface area contributed by atoms with Gasteiger partial charge >= 0.3 is 12.1 Å². The fourth-order valence-electron chi connectivity index (χ4n) is 3.99. The highest BCUT2D eigenvalue weighted by atomic mass is 16.5. The number of likely N-dealkylation sites (N-methyl/N-ethyl adjacent to an activating group) is 2. The monoisotopic (exact) mass is 453 g/mol. The lowest BCUT2D eigenvalue weighted by molar-refractivity contribution is -0.156. The Morgan fingerprint density at radius 1 is 1.00 bits per heavy atom. The SMILES string of the molecule is CN(C)C[C@H](NC(=O)OCC1c2ccccc2-c2ccccc21)C(=O)N(C)C(C)(C)C(=O)O. The molecule has 0 saturated carbocycles. The van der Waals surface area contributed by atoms with E-state index in [1.165, 1.54) is 20.9 Å². The van der Waals surface area contributed by atoms with Crippen LogP contribution in [0.1, 0.15) is 30.9 Å². The van der Waals surface area contributed by atoms with Gasteiger partial charge in [0.2, 0.25) is 5.91 Å². The van der Waals surface area contributed by atoms with Gasteiger partial charge in [-0.3, -0.25) is 4.79 Å². The zero-order valence-electron chi connectivity index (χ0n) is 19.7. The third kappa shape index (κ3) is 5.01. The van der Waals surface area contributed by atoms with Crippen molar-refractivity contribution in [2.24, 2.45) is 0 Å². The molecule has 2 N–H and O–H groups in total. The number of carboxylic acid groups (broad SMARTS) is 1. The zero-order valence-corrected chi connectivity index (χ0v) is 19.7. The van der Waals surface area contributed by atoms with Crippen molar-refractivity contribution < 1.29 is 24.2 Å². The van der Waals surface area contributed by atoms with Crippen LogP contribution in [0.5, 0.6) is 0 Å². The number of benzene rings is 2. The molecule has 0 unspecified atom stereocenters. The summed E-state index contributed by atoms with van der Waals surface area (Å²) >= 11 is 0. The van der Waals surface area contributed by atoms with Gasteiger partial charge in [-0.05, 0) is 50.2 Å². The highest BCUT2D eigenvalue weighted by molar-refractivity contribution is 5.91. The lowest BCUT2D eigenvalue weighted by Gasteiger charge is -2.35. The molecule has 1 aliphatic rings. The molecule has 33 heavy (non-hydrogen) atoms. The molecule has 2 amide bonds. The number of carboxylic acids is 1. The number of carbonyl (C=O) groups is 3. The van der Waals surface area contributed by atoms with Crippen LogP contribution in [0.25, 0.3) is 11.1 Å². The first-order valence-electron chi connectivity index (χ1n) is 10.8. The molecule has 2 aromatic carbocycles. The summed E-state index contributed by atoms with van der Waals surface area (Å²) in [7, 11) is 4.95. The van der Waals surface area contributed by atoms with Crippen LogP contribution < -0.4 is 5.32 Å².